The average Bonchev–Trinajstić information content (AvgIpc) is 2.92. The van der Waals surface area contributed by atoms with Crippen LogP contribution in [-0.2, 0) is 11.2 Å². The molecule has 0 fully saturated rings. The minimum Gasteiger partial charge on any atom is -0.463 e. The first-order chi connectivity index (χ1) is 9.51. The Kier molecular flexibility index (Phi) is 4.70. The van der Waals surface area contributed by atoms with Crippen molar-refractivity contribution in [3.8, 4) is 0 Å². The molecule has 1 aromatic heterocycles. The summed E-state index contributed by atoms with van der Waals surface area (Å²) in [5, 5.41) is 11.0. The summed E-state index contributed by atoms with van der Waals surface area (Å²) in [4.78, 5) is 11.3. The van der Waals surface area contributed by atoms with Crippen molar-refractivity contribution in [3.05, 3.63) is 57.5 Å². The van der Waals surface area contributed by atoms with E-state index in [1.54, 1.807) is 18.2 Å². The molecule has 6 heteroatoms. The number of aliphatic hydroxyl groups excluding tert-OH is 1. The van der Waals surface area contributed by atoms with E-state index in [9.17, 15) is 9.90 Å². The molecule has 0 aliphatic carbocycles. The highest BCUT2D eigenvalue weighted by Gasteiger charge is 2.17. The van der Waals surface area contributed by atoms with Crippen molar-refractivity contribution in [2.75, 3.05) is 7.11 Å². The number of hydrogen-bond acceptors (Lipinski definition) is 4. The molecule has 0 spiro atoms. The molecule has 0 radical (unpaired) electrons. The van der Waals surface area contributed by atoms with E-state index in [1.165, 1.54) is 19.2 Å². The van der Waals surface area contributed by atoms with E-state index in [0.29, 0.717) is 16.5 Å². The molecule has 4 nitrogen and oxygen atoms in total. The molecule has 2 rings (SSSR count). The van der Waals surface area contributed by atoms with Gasteiger partial charge in [-0.25, -0.2) is 4.79 Å². The molecule has 0 bridgehead atoms. The Bertz CT molecular complexity index is 621. The molecule has 0 aliphatic heterocycles. The molecular weight excluding hydrogens is 303 g/mol. The molecule has 1 atom stereocenters. The monoisotopic (exact) mass is 314 g/mol. The second kappa shape index (κ2) is 6.31. The molecule has 1 heterocycles. The van der Waals surface area contributed by atoms with Crippen LogP contribution in [0.3, 0.4) is 0 Å². The zero-order valence-electron chi connectivity index (χ0n) is 10.6. The lowest BCUT2D eigenvalue weighted by Gasteiger charge is -2.08. The number of halogens is 2. The number of aliphatic hydroxyl groups is 1. The number of methoxy groups -OCH3 is 1. The molecule has 2 aromatic rings. The number of benzene rings is 1. The van der Waals surface area contributed by atoms with Crippen LogP contribution >= 0.6 is 23.2 Å². The van der Waals surface area contributed by atoms with Gasteiger partial charge in [0, 0.05) is 6.42 Å². The van der Waals surface area contributed by atoms with Crippen molar-refractivity contribution in [3.63, 3.8) is 0 Å². The van der Waals surface area contributed by atoms with E-state index < -0.39 is 12.1 Å². The highest BCUT2D eigenvalue weighted by atomic mass is 35.5. The smallest absolute Gasteiger partial charge is 0.373 e. The van der Waals surface area contributed by atoms with E-state index >= 15 is 0 Å². The molecule has 1 unspecified atom stereocenters. The first-order valence-electron chi connectivity index (χ1n) is 5.81. The van der Waals surface area contributed by atoms with Crippen molar-refractivity contribution in [2.24, 2.45) is 0 Å². The van der Waals surface area contributed by atoms with Crippen molar-refractivity contribution in [2.45, 2.75) is 12.5 Å². The van der Waals surface area contributed by atoms with Crippen LogP contribution < -0.4 is 0 Å². The van der Waals surface area contributed by atoms with Crippen molar-refractivity contribution in [1.29, 1.82) is 0 Å². The van der Waals surface area contributed by atoms with Gasteiger partial charge < -0.3 is 14.3 Å². The van der Waals surface area contributed by atoms with Gasteiger partial charge in [0.15, 0.2) is 0 Å². The molecule has 20 heavy (non-hydrogen) atoms. The quantitative estimate of drug-likeness (QED) is 0.875. The summed E-state index contributed by atoms with van der Waals surface area (Å²) in [5.41, 5.74) is 0.808. The van der Waals surface area contributed by atoms with Crippen LogP contribution in [-0.4, -0.2) is 18.2 Å². The zero-order chi connectivity index (χ0) is 14.7. The van der Waals surface area contributed by atoms with Gasteiger partial charge in [0.2, 0.25) is 5.76 Å². The van der Waals surface area contributed by atoms with Crippen molar-refractivity contribution >= 4 is 29.2 Å². The number of carbonyl (C=O) groups excluding carboxylic acids is 1. The van der Waals surface area contributed by atoms with E-state index in [-0.39, 0.29) is 11.5 Å². The molecule has 0 amide bonds. The van der Waals surface area contributed by atoms with Crippen LogP contribution in [0.4, 0.5) is 0 Å². The number of ether oxygens (including phenoxy) is 1. The maximum absolute atomic E-state index is 11.3. The van der Waals surface area contributed by atoms with Crippen LogP contribution in [0.2, 0.25) is 10.0 Å². The second-order valence-corrected chi connectivity index (χ2v) is 4.98. The Morgan fingerprint density at radius 1 is 1.30 bits per heavy atom. The summed E-state index contributed by atoms with van der Waals surface area (Å²) in [6, 6.07) is 8.10. The third-order valence-corrected chi connectivity index (χ3v) is 3.49. The van der Waals surface area contributed by atoms with Crippen LogP contribution in [0.15, 0.2) is 34.7 Å². The third kappa shape index (κ3) is 3.33. The van der Waals surface area contributed by atoms with Crippen LogP contribution in [0.5, 0.6) is 0 Å². The van der Waals surface area contributed by atoms with Gasteiger partial charge in [-0.05, 0) is 29.8 Å². The van der Waals surface area contributed by atoms with Gasteiger partial charge >= 0.3 is 5.97 Å². The highest BCUT2D eigenvalue weighted by molar-refractivity contribution is 6.42. The third-order valence-electron chi connectivity index (χ3n) is 2.75. The second-order valence-electron chi connectivity index (χ2n) is 4.16. The van der Waals surface area contributed by atoms with Gasteiger partial charge in [0.25, 0.3) is 0 Å². The first-order valence-corrected chi connectivity index (χ1v) is 6.57. The molecule has 0 aliphatic rings. The van der Waals surface area contributed by atoms with E-state index in [0.717, 1.165) is 5.56 Å². The SMILES string of the molecule is COC(=O)c1ccc(C(O)Cc2ccc(Cl)c(Cl)c2)o1. The van der Waals surface area contributed by atoms with Gasteiger partial charge in [0.05, 0.1) is 17.2 Å². The van der Waals surface area contributed by atoms with E-state index in [4.69, 9.17) is 27.6 Å². The number of carbonyl (C=O) groups is 1. The summed E-state index contributed by atoms with van der Waals surface area (Å²) in [6.45, 7) is 0. The molecule has 0 saturated heterocycles. The highest BCUT2D eigenvalue weighted by Crippen LogP contribution is 2.26. The molecular formula is C14H12Cl2O4. The topological polar surface area (TPSA) is 59.7 Å². The fourth-order valence-corrected chi connectivity index (χ4v) is 2.05. The molecule has 0 saturated carbocycles. The number of hydrogen-bond donors (Lipinski definition) is 1. The maximum Gasteiger partial charge on any atom is 0.373 e. The summed E-state index contributed by atoms with van der Waals surface area (Å²) in [7, 11) is 1.26. The lowest BCUT2D eigenvalue weighted by atomic mass is 10.1. The largest absolute Gasteiger partial charge is 0.463 e. The van der Waals surface area contributed by atoms with Crippen LogP contribution in [0.1, 0.15) is 28.0 Å². The Morgan fingerprint density at radius 3 is 2.70 bits per heavy atom. The van der Waals surface area contributed by atoms with Gasteiger partial charge in [-0.15, -0.1) is 0 Å². The van der Waals surface area contributed by atoms with Gasteiger partial charge in [-0.2, -0.15) is 0 Å². The van der Waals surface area contributed by atoms with Crippen LogP contribution in [0, 0.1) is 0 Å². The van der Waals surface area contributed by atoms with Crippen LogP contribution in [0.25, 0.3) is 0 Å². The Hall–Kier alpha value is -1.49. The van der Waals surface area contributed by atoms with E-state index in [1.807, 2.05) is 0 Å². The molecule has 106 valence electrons. The van der Waals surface area contributed by atoms with E-state index in [2.05, 4.69) is 4.74 Å². The lowest BCUT2D eigenvalue weighted by molar-refractivity contribution is 0.0555. The fourth-order valence-electron chi connectivity index (χ4n) is 1.73. The average molecular weight is 315 g/mol. The Labute approximate surface area is 125 Å². The molecule has 1 aromatic carbocycles. The maximum atomic E-state index is 11.3. The predicted molar refractivity (Wildman–Crippen MR) is 75.2 cm³/mol. The fraction of sp³-hybridized carbons (Fsp3) is 0.214. The first kappa shape index (κ1) is 14.9. The Balaban J connectivity index is 2.11. The predicted octanol–water partition coefficient (Wildman–Crippen LogP) is 3.65. The summed E-state index contributed by atoms with van der Waals surface area (Å²) in [6.07, 6.45) is -0.587. The lowest BCUT2D eigenvalue weighted by Crippen LogP contribution is -2.02. The van der Waals surface area contributed by atoms with Gasteiger partial charge in [0.1, 0.15) is 11.9 Å². The minimum absolute atomic E-state index is 0.0516. The number of rotatable bonds is 4. The molecule has 1 N–H and O–H groups in total. The van der Waals surface area contributed by atoms with Crippen molar-refractivity contribution < 1.29 is 19.1 Å². The standard InChI is InChI=1S/C14H12Cl2O4/c1-19-14(18)13-5-4-12(20-13)11(17)7-8-2-3-9(15)10(16)6-8/h2-6,11,17H,7H2,1H3. The summed E-state index contributed by atoms with van der Waals surface area (Å²) >= 11 is 11.7. The van der Waals surface area contributed by atoms with Gasteiger partial charge in [-0.1, -0.05) is 29.3 Å². The summed E-state index contributed by atoms with van der Waals surface area (Å²) < 4.78 is 9.77. The summed E-state index contributed by atoms with van der Waals surface area (Å²) in [5.74, 6) is -0.245. The number of furan rings is 1. The number of esters is 1. The Morgan fingerprint density at radius 2 is 2.05 bits per heavy atom. The normalized spacial score (nSPS) is 12.2. The minimum atomic E-state index is -0.884. The van der Waals surface area contributed by atoms with Gasteiger partial charge in [-0.3, -0.25) is 0 Å². The van der Waals surface area contributed by atoms with Crippen molar-refractivity contribution in [1.82, 2.24) is 0 Å². The zero-order valence-corrected chi connectivity index (χ0v) is 12.1.